The maximum atomic E-state index is 5.37. The first-order valence-corrected chi connectivity index (χ1v) is 18.3. The van der Waals surface area contributed by atoms with Crippen molar-refractivity contribution in [1.29, 1.82) is 0 Å². The molecule has 4 nitrogen and oxygen atoms in total. The molecule has 0 bridgehead atoms. The number of benzene rings is 8. The van der Waals surface area contributed by atoms with Crippen molar-refractivity contribution < 1.29 is 0 Å². The van der Waals surface area contributed by atoms with E-state index in [1.54, 1.807) is 0 Å². The van der Waals surface area contributed by atoms with Crippen LogP contribution in [0.2, 0.25) is 0 Å². The van der Waals surface area contributed by atoms with Crippen LogP contribution < -0.4 is 9.80 Å². The van der Waals surface area contributed by atoms with E-state index >= 15 is 0 Å². The van der Waals surface area contributed by atoms with Gasteiger partial charge in [0.15, 0.2) is 0 Å². The highest BCUT2D eigenvalue weighted by molar-refractivity contribution is 8.00. The van der Waals surface area contributed by atoms with E-state index in [0.29, 0.717) is 0 Å². The molecule has 0 spiro atoms. The van der Waals surface area contributed by atoms with Crippen molar-refractivity contribution in [3.05, 3.63) is 158 Å². The van der Waals surface area contributed by atoms with Crippen LogP contribution in [0, 0.1) is 0 Å². The van der Waals surface area contributed by atoms with Crippen LogP contribution in [0.25, 0.3) is 43.6 Å². The molecule has 6 heteroatoms. The van der Waals surface area contributed by atoms with E-state index in [1.807, 2.05) is 23.5 Å². The fourth-order valence-electron chi connectivity index (χ4n) is 7.48. The average Bonchev–Trinajstić information content (AvgIpc) is 3.17. The molecule has 3 heterocycles. The number of hydrogen-bond donors (Lipinski definition) is 0. The van der Waals surface area contributed by atoms with Gasteiger partial charge in [0.2, 0.25) is 0 Å². The Bertz CT molecular complexity index is 2580. The summed E-state index contributed by atoms with van der Waals surface area (Å²) < 4.78 is 0. The minimum absolute atomic E-state index is 0.901. The number of anilines is 6. The Morgan fingerprint density at radius 1 is 0.360 bits per heavy atom. The first-order chi connectivity index (χ1) is 24.8. The van der Waals surface area contributed by atoms with Gasteiger partial charge in [-0.2, -0.15) is 0 Å². The lowest BCUT2D eigenvalue weighted by Crippen LogP contribution is -2.14. The van der Waals surface area contributed by atoms with E-state index in [2.05, 4.69) is 168 Å². The average molecular weight is 675 g/mol. The van der Waals surface area contributed by atoms with Gasteiger partial charge in [-0.1, -0.05) is 96.3 Å². The van der Waals surface area contributed by atoms with Crippen molar-refractivity contribution in [2.24, 2.45) is 0 Å². The van der Waals surface area contributed by atoms with Crippen molar-refractivity contribution in [2.75, 3.05) is 9.80 Å². The Labute approximate surface area is 297 Å². The van der Waals surface area contributed by atoms with Gasteiger partial charge in [0.05, 0.1) is 44.8 Å². The summed E-state index contributed by atoms with van der Waals surface area (Å²) in [6.45, 7) is 0. The van der Waals surface area contributed by atoms with Crippen LogP contribution in [0.5, 0.6) is 0 Å². The highest BCUT2D eigenvalue weighted by Gasteiger charge is 2.26. The molecule has 0 radical (unpaired) electrons. The predicted octanol–water partition coefficient (Wildman–Crippen LogP) is 13.0. The van der Waals surface area contributed by atoms with Crippen LogP contribution in [0.3, 0.4) is 0 Å². The van der Waals surface area contributed by atoms with Gasteiger partial charge < -0.3 is 9.80 Å². The van der Waals surface area contributed by atoms with Gasteiger partial charge in [-0.3, -0.25) is 0 Å². The molecule has 1 aromatic heterocycles. The summed E-state index contributed by atoms with van der Waals surface area (Å²) in [6, 6.07) is 56.6. The highest BCUT2D eigenvalue weighted by Crippen LogP contribution is 2.53. The Morgan fingerprint density at radius 2 is 0.740 bits per heavy atom. The first-order valence-electron chi connectivity index (χ1n) is 16.7. The molecule has 0 atom stereocenters. The zero-order chi connectivity index (χ0) is 32.8. The molecule has 0 saturated heterocycles. The van der Waals surface area contributed by atoms with Gasteiger partial charge in [0, 0.05) is 41.7 Å². The van der Waals surface area contributed by atoms with E-state index in [0.717, 1.165) is 55.0 Å². The molecule has 9 aromatic rings. The third-order valence-corrected chi connectivity index (χ3v) is 12.0. The number of para-hydroxylation sites is 4. The van der Waals surface area contributed by atoms with E-state index in [1.165, 1.54) is 42.3 Å². The van der Waals surface area contributed by atoms with Crippen LogP contribution in [0.15, 0.2) is 177 Å². The Kier molecular flexibility index (Phi) is 6.08. The minimum Gasteiger partial charge on any atom is -0.308 e. The van der Waals surface area contributed by atoms with Gasteiger partial charge in [0.25, 0.3) is 0 Å². The lowest BCUT2D eigenvalue weighted by atomic mass is 10.0. The number of aromatic nitrogens is 2. The minimum atomic E-state index is 0.901. The predicted molar refractivity (Wildman–Crippen MR) is 210 cm³/mol. The molecule has 2 aliphatic rings. The lowest BCUT2D eigenvalue weighted by Gasteiger charge is -2.33. The van der Waals surface area contributed by atoms with E-state index < -0.39 is 0 Å². The fraction of sp³-hybridized carbons (Fsp3) is 0. The van der Waals surface area contributed by atoms with Crippen molar-refractivity contribution >= 4 is 101 Å². The number of fused-ring (bicyclic) bond motifs is 10. The summed E-state index contributed by atoms with van der Waals surface area (Å²) in [6.07, 6.45) is 0. The second-order valence-corrected chi connectivity index (χ2v) is 14.8. The van der Waals surface area contributed by atoms with Crippen LogP contribution in [0.1, 0.15) is 0 Å². The zero-order valence-electron chi connectivity index (χ0n) is 26.6. The molecule has 0 saturated carbocycles. The first kappa shape index (κ1) is 28.1. The molecular formula is C44H26N4S2. The van der Waals surface area contributed by atoms with Crippen molar-refractivity contribution in [2.45, 2.75) is 19.6 Å². The van der Waals surface area contributed by atoms with Gasteiger partial charge in [-0.25, -0.2) is 9.97 Å². The van der Waals surface area contributed by atoms with Crippen LogP contribution >= 0.6 is 23.5 Å². The molecule has 8 aromatic carbocycles. The molecule has 234 valence electrons. The third-order valence-electron chi connectivity index (χ3n) is 9.75. The fourth-order valence-corrected chi connectivity index (χ4v) is 9.60. The standard InChI is InChI=1S/C44H26N4S2/c1-5-13-39-35(9-1)47(36-10-2-6-14-40(36)49-39)29-19-21-31-27(25-29)17-23-33-43(31)46-44-32-22-20-30(26-28(32)18-24-34(44)45-33)48-37-11-3-7-15-41(37)50-42-16-8-4-12-38(42)48/h1-26H. The smallest absolute Gasteiger partial charge is 0.0973 e. The van der Waals surface area contributed by atoms with E-state index in [9.17, 15) is 0 Å². The maximum Gasteiger partial charge on any atom is 0.0973 e. The number of nitrogens with zero attached hydrogens (tertiary/aromatic N) is 4. The Balaban J connectivity index is 1.06. The number of hydrogen-bond acceptors (Lipinski definition) is 6. The second-order valence-electron chi connectivity index (χ2n) is 12.6. The van der Waals surface area contributed by atoms with Crippen LogP contribution in [-0.2, 0) is 0 Å². The molecule has 2 aliphatic heterocycles. The summed E-state index contributed by atoms with van der Waals surface area (Å²) in [5, 5.41) is 4.47. The summed E-state index contributed by atoms with van der Waals surface area (Å²) in [7, 11) is 0. The van der Waals surface area contributed by atoms with Gasteiger partial charge in [0.1, 0.15) is 0 Å². The SMILES string of the molecule is c1ccc2c(c1)Sc1ccccc1N2c1ccc2c(ccc3nc4ccc5cc(N6c7ccccc7Sc7ccccc76)ccc5c4nc32)c1. The van der Waals surface area contributed by atoms with Crippen molar-refractivity contribution in [3.8, 4) is 0 Å². The quantitative estimate of drug-likeness (QED) is 0.134. The largest absolute Gasteiger partial charge is 0.308 e. The molecule has 11 rings (SSSR count). The summed E-state index contributed by atoms with van der Waals surface area (Å²) in [5.74, 6) is 0. The molecule has 50 heavy (non-hydrogen) atoms. The highest BCUT2D eigenvalue weighted by atomic mass is 32.2. The van der Waals surface area contributed by atoms with Crippen LogP contribution in [0.4, 0.5) is 34.1 Å². The van der Waals surface area contributed by atoms with Crippen molar-refractivity contribution in [1.82, 2.24) is 9.97 Å². The third kappa shape index (κ3) is 4.22. The summed E-state index contributed by atoms with van der Waals surface area (Å²) >= 11 is 3.66. The van der Waals surface area contributed by atoms with Gasteiger partial charge >= 0.3 is 0 Å². The van der Waals surface area contributed by atoms with E-state index in [-0.39, 0.29) is 0 Å². The normalized spacial score (nSPS) is 13.4. The monoisotopic (exact) mass is 674 g/mol. The van der Waals surface area contributed by atoms with Crippen molar-refractivity contribution in [3.63, 3.8) is 0 Å². The molecular weight excluding hydrogens is 649 g/mol. The molecule has 0 unspecified atom stereocenters. The summed E-state index contributed by atoms with van der Waals surface area (Å²) in [5.41, 5.74) is 10.7. The number of rotatable bonds is 2. The summed E-state index contributed by atoms with van der Waals surface area (Å²) in [4.78, 5) is 20.3. The van der Waals surface area contributed by atoms with Gasteiger partial charge in [-0.05, 0) is 95.7 Å². The topological polar surface area (TPSA) is 32.3 Å². The van der Waals surface area contributed by atoms with E-state index in [4.69, 9.17) is 9.97 Å². The Hall–Kier alpha value is -5.82. The lowest BCUT2D eigenvalue weighted by molar-refractivity contribution is 1.17. The Morgan fingerprint density at radius 3 is 1.14 bits per heavy atom. The second kappa shape index (κ2) is 10.8. The maximum absolute atomic E-state index is 5.37. The molecule has 0 fully saturated rings. The van der Waals surface area contributed by atoms with Gasteiger partial charge in [-0.15, -0.1) is 0 Å². The van der Waals surface area contributed by atoms with Crippen LogP contribution in [-0.4, -0.2) is 9.97 Å². The molecule has 0 N–H and O–H groups in total. The molecule has 0 amide bonds. The zero-order valence-corrected chi connectivity index (χ0v) is 28.2. The molecule has 0 aliphatic carbocycles.